The minimum Gasteiger partial charge on any atom is -0.398 e. The molecule has 2 amide bonds. The highest BCUT2D eigenvalue weighted by atomic mass is 16.2. The third-order valence-corrected chi connectivity index (χ3v) is 6.05. The summed E-state index contributed by atoms with van der Waals surface area (Å²) in [5.41, 5.74) is 16.0. The molecule has 1 saturated heterocycles. The molecule has 3 heterocycles. The first kappa shape index (κ1) is 23.4. The maximum atomic E-state index is 12.6. The summed E-state index contributed by atoms with van der Waals surface area (Å²) in [6, 6.07) is 7.72. The molecule has 176 valence electrons. The molecule has 2 aromatic heterocycles. The smallest absolute Gasteiger partial charge is 0.249 e. The number of amides is 2. The lowest BCUT2D eigenvalue weighted by Crippen LogP contribution is -2.52. The van der Waals surface area contributed by atoms with Crippen LogP contribution in [0.3, 0.4) is 0 Å². The fourth-order valence-electron chi connectivity index (χ4n) is 4.17. The predicted molar refractivity (Wildman–Crippen MR) is 135 cm³/mol. The van der Waals surface area contributed by atoms with Crippen molar-refractivity contribution in [2.45, 2.75) is 39.2 Å². The highest BCUT2D eigenvalue weighted by molar-refractivity contribution is 6.02. The van der Waals surface area contributed by atoms with Crippen LogP contribution in [0, 0.1) is 6.92 Å². The van der Waals surface area contributed by atoms with Gasteiger partial charge in [-0.15, -0.1) is 0 Å². The first-order valence-corrected chi connectivity index (χ1v) is 11.3. The number of hydrogen-bond donors (Lipinski definition) is 3. The zero-order valence-corrected chi connectivity index (χ0v) is 19.8. The lowest BCUT2D eigenvalue weighted by Gasteiger charge is -2.33. The first-order chi connectivity index (χ1) is 16.1. The molecule has 0 unspecified atom stereocenters. The van der Waals surface area contributed by atoms with E-state index in [2.05, 4.69) is 15.3 Å². The number of aromatic nitrogens is 2. The number of nitrogen functional groups attached to an aromatic ring is 1. The average molecular weight is 459 g/mol. The maximum Gasteiger partial charge on any atom is 0.249 e. The number of nitrogens with zero attached hydrogens (tertiary/aromatic N) is 3. The molecule has 1 aromatic carbocycles. The second-order valence-electron chi connectivity index (χ2n) is 9.35. The number of hydrogen-bond acceptors (Lipinski definition) is 6. The Labute approximate surface area is 199 Å². The SMILES string of the molecule is Cc1ccncc1-c1cc(N)c2cnc(NC(=O)C=C3CCN(C(=O)C(C)(C)N)CC3)cc2c1. The van der Waals surface area contributed by atoms with Crippen molar-refractivity contribution in [1.29, 1.82) is 0 Å². The van der Waals surface area contributed by atoms with E-state index in [0.717, 1.165) is 33.0 Å². The van der Waals surface area contributed by atoms with Crippen LogP contribution in [0.25, 0.3) is 21.9 Å². The molecule has 1 aliphatic heterocycles. The number of aryl methyl sites for hydroxylation is 1. The number of anilines is 2. The van der Waals surface area contributed by atoms with Crippen molar-refractivity contribution < 1.29 is 9.59 Å². The number of rotatable bonds is 4. The van der Waals surface area contributed by atoms with Crippen LogP contribution in [-0.4, -0.2) is 45.3 Å². The molecule has 0 saturated carbocycles. The van der Waals surface area contributed by atoms with Crippen molar-refractivity contribution in [2.75, 3.05) is 24.1 Å². The molecular weight excluding hydrogens is 428 g/mol. The van der Waals surface area contributed by atoms with Gasteiger partial charge in [0.15, 0.2) is 0 Å². The van der Waals surface area contributed by atoms with Crippen molar-refractivity contribution in [3.05, 3.63) is 60.1 Å². The Hall–Kier alpha value is -3.78. The lowest BCUT2D eigenvalue weighted by atomic mass is 9.99. The van der Waals surface area contributed by atoms with Crippen molar-refractivity contribution in [3.8, 4) is 11.1 Å². The van der Waals surface area contributed by atoms with Gasteiger partial charge in [0.2, 0.25) is 11.8 Å². The highest BCUT2D eigenvalue weighted by Gasteiger charge is 2.29. The molecule has 8 heteroatoms. The highest BCUT2D eigenvalue weighted by Crippen LogP contribution is 2.31. The van der Waals surface area contributed by atoms with Gasteiger partial charge in [-0.05, 0) is 74.4 Å². The summed E-state index contributed by atoms with van der Waals surface area (Å²) in [6.07, 6.45) is 8.14. The summed E-state index contributed by atoms with van der Waals surface area (Å²) in [5.74, 6) is 0.135. The molecule has 1 fully saturated rings. The minimum absolute atomic E-state index is 0.0727. The molecule has 1 aliphatic rings. The fourth-order valence-corrected chi connectivity index (χ4v) is 4.17. The minimum atomic E-state index is -0.890. The number of likely N-dealkylation sites (tertiary alicyclic amines) is 1. The maximum absolute atomic E-state index is 12.6. The summed E-state index contributed by atoms with van der Waals surface area (Å²) < 4.78 is 0. The van der Waals surface area contributed by atoms with Gasteiger partial charge in [0, 0.05) is 54.4 Å². The lowest BCUT2D eigenvalue weighted by molar-refractivity contribution is -0.136. The Bertz CT molecular complexity index is 1280. The van der Waals surface area contributed by atoms with Crippen molar-refractivity contribution in [3.63, 3.8) is 0 Å². The van der Waals surface area contributed by atoms with Crippen LogP contribution in [0.15, 0.2) is 54.5 Å². The van der Waals surface area contributed by atoms with Crippen molar-refractivity contribution in [1.82, 2.24) is 14.9 Å². The van der Waals surface area contributed by atoms with E-state index in [4.69, 9.17) is 11.5 Å². The van der Waals surface area contributed by atoms with E-state index in [-0.39, 0.29) is 11.8 Å². The molecule has 0 spiro atoms. The molecular formula is C26H30N6O2. The van der Waals surface area contributed by atoms with Crippen LogP contribution in [0.2, 0.25) is 0 Å². The van der Waals surface area contributed by atoms with E-state index in [1.807, 2.05) is 37.4 Å². The second kappa shape index (κ2) is 9.23. The van der Waals surface area contributed by atoms with Gasteiger partial charge in [-0.2, -0.15) is 0 Å². The molecule has 4 rings (SSSR count). The van der Waals surface area contributed by atoms with Gasteiger partial charge in [0.1, 0.15) is 5.82 Å². The van der Waals surface area contributed by atoms with Crippen molar-refractivity contribution in [2.24, 2.45) is 5.73 Å². The summed E-state index contributed by atoms with van der Waals surface area (Å²) in [4.78, 5) is 35.3. The van der Waals surface area contributed by atoms with Gasteiger partial charge >= 0.3 is 0 Å². The van der Waals surface area contributed by atoms with E-state index < -0.39 is 5.54 Å². The number of benzene rings is 1. The predicted octanol–water partition coefficient (Wildman–Crippen LogP) is 3.41. The largest absolute Gasteiger partial charge is 0.398 e. The number of fused-ring (bicyclic) bond motifs is 1. The first-order valence-electron chi connectivity index (χ1n) is 11.3. The summed E-state index contributed by atoms with van der Waals surface area (Å²) >= 11 is 0. The number of pyridine rings is 2. The van der Waals surface area contributed by atoms with Crippen molar-refractivity contribution >= 4 is 34.1 Å². The third kappa shape index (κ3) is 5.07. The summed E-state index contributed by atoms with van der Waals surface area (Å²) in [6.45, 7) is 6.56. The number of piperidine rings is 1. The normalized spacial score (nSPS) is 14.2. The Morgan fingerprint density at radius 2 is 1.88 bits per heavy atom. The average Bonchev–Trinajstić information content (AvgIpc) is 2.78. The number of nitrogens with one attached hydrogen (secondary N) is 1. The van der Waals surface area contributed by atoms with E-state index in [9.17, 15) is 9.59 Å². The molecule has 5 N–H and O–H groups in total. The van der Waals surface area contributed by atoms with Crippen LogP contribution < -0.4 is 16.8 Å². The molecule has 34 heavy (non-hydrogen) atoms. The molecule has 3 aromatic rings. The fraction of sp³-hybridized carbons (Fsp3) is 0.308. The van der Waals surface area contributed by atoms with Gasteiger partial charge in [-0.3, -0.25) is 14.6 Å². The number of nitrogens with two attached hydrogens (primary N) is 2. The summed E-state index contributed by atoms with van der Waals surface area (Å²) in [7, 11) is 0. The summed E-state index contributed by atoms with van der Waals surface area (Å²) in [5, 5.41) is 4.55. The van der Waals surface area contributed by atoms with E-state index >= 15 is 0 Å². The van der Waals surface area contributed by atoms with E-state index in [1.54, 1.807) is 37.2 Å². The van der Waals surface area contributed by atoms with Crippen LogP contribution >= 0.6 is 0 Å². The van der Waals surface area contributed by atoms with Crippen LogP contribution in [0.5, 0.6) is 0 Å². The number of carbonyl (C=O) groups is 2. The molecule has 0 radical (unpaired) electrons. The van der Waals surface area contributed by atoms with Gasteiger partial charge < -0.3 is 21.7 Å². The topological polar surface area (TPSA) is 127 Å². The Morgan fingerprint density at radius 1 is 1.15 bits per heavy atom. The number of carbonyl (C=O) groups excluding carboxylic acids is 2. The van der Waals surface area contributed by atoms with Gasteiger partial charge in [-0.1, -0.05) is 5.57 Å². The zero-order valence-electron chi connectivity index (χ0n) is 19.8. The van der Waals surface area contributed by atoms with Gasteiger partial charge in [-0.25, -0.2) is 4.98 Å². The Morgan fingerprint density at radius 3 is 2.56 bits per heavy atom. The molecule has 0 atom stereocenters. The van der Waals surface area contributed by atoms with Gasteiger partial charge in [0.25, 0.3) is 0 Å². The van der Waals surface area contributed by atoms with E-state index in [1.165, 1.54) is 0 Å². The standard InChI is InChI=1S/C26H30N6O2/c1-16-4-7-29-14-20(16)18-11-19-13-23(30-15-21(19)22(27)12-18)31-24(33)10-17-5-8-32(9-6-17)25(34)26(2,3)28/h4,7,10-15H,5-6,8-9,27-28H2,1-3H3,(H,30,31,33). The molecule has 0 aliphatic carbocycles. The van der Waals surface area contributed by atoms with Crippen LogP contribution in [0.4, 0.5) is 11.5 Å². The van der Waals surface area contributed by atoms with Crippen LogP contribution in [-0.2, 0) is 9.59 Å². The van der Waals surface area contributed by atoms with Gasteiger partial charge in [0.05, 0.1) is 5.54 Å². The van der Waals surface area contributed by atoms with Crippen LogP contribution in [0.1, 0.15) is 32.3 Å². The Kier molecular flexibility index (Phi) is 6.34. The molecule has 0 bridgehead atoms. The third-order valence-electron chi connectivity index (χ3n) is 6.05. The Balaban J connectivity index is 1.49. The molecule has 8 nitrogen and oxygen atoms in total. The monoisotopic (exact) mass is 458 g/mol. The quantitative estimate of drug-likeness (QED) is 0.406. The zero-order chi connectivity index (χ0) is 24.5. The second-order valence-corrected chi connectivity index (χ2v) is 9.35. The van der Waals surface area contributed by atoms with E-state index in [0.29, 0.717) is 37.4 Å².